The fourth-order valence-electron chi connectivity index (χ4n) is 1.41. The van der Waals surface area contributed by atoms with E-state index in [1.807, 2.05) is 0 Å². The Labute approximate surface area is 117 Å². The quantitative estimate of drug-likeness (QED) is 0.942. The van der Waals surface area contributed by atoms with Crippen LogP contribution in [0.25, 0.3) is 0 Å². The summed E-state index contributed by atoms with van der Waals surface area (Å²) in [6.07, 6.45) is 1.12. The van der Waals surface area contributed by atoms with Gasteiger partial charge in [-0.2, -0.15) is 0 Å². The first-order valence-corrected chi connectivity index (χ1v) is 6.13. The second-order valence-corrected chi connectivity index (χ2v) is 4.50. The van der Waals surface area contributed by atoms with Crippen molar-refractivity contribution in [1.29, 1.82) is 0 Å². The third kappa shape index (κ3) is 3.23. The summed E-state index contributed by atoms with van der Waals surface area (Å²) in [6, 6.07) is 7.80. The van der Waals surface area contributed by atoms with Gasteiger partial charge in [0.05, 0.1) is 18.4 Å². The molecule has 0 fully saturated rings. The van der Waals surface area contributed by atoms with Crippen LogP contribution in [0.1, 0.15) is 10.4 Å². The highest BCUT2D eigenvalue weighted by atomic mass is 79.9. The van der Waals surface area contributed by atoms with Gasteiger partial charge in [-0.15, -0.1) is 0 Å². The van der Waals surface area contributed by atoms with Crippen molar-refractivity contribution in [3.05, 3.63) is 57.1 Å². The van der Waals surface area contributed by atoms with Crippen LogP contribution in [0, 0.1) is 0 Å². The number of halogens is 1. The summed E-state index contributed by atoms with van der Waals surface area (Å²) in [5, 5.41) is 2.69. The summed E-state index contributed by atoms with van der Waals surface area (Å²) in [5.41, 5.74) is 0.323. The Bertz CT molecular complexity index is 645. The van der Waals surface area contributed by atoms with E-state index in [0.717, 1.165) is 10.7 Å². The number of carbonyl (C=O) groups is 1. The van der Waals surface area contributed by atoms with Crippen molar-refractivity contribution in [2.45, 2.75) is 0 Å². The van der Waals surface area contributed by atoms with E-state index in [4.69, 9.17) is 4.74 Å². The summed E-state index contributed by atoms with van der Waals surface area (Å²) in [7, 11) is 1.54. The molecule has 2 aromatic rings. The van der Waals surface area contributed by atoms with Gasteiger partial charge < -0.3 is 14.5 Å². The minimum absolute atomic E-state index is 0.259. The number of benzene rings is 1. The van der Waals surface area contributed by atoms with Gasteiger partial charge in [-0.1, -0.05) is 0 Å². The zero-order valence-electron chi connectivity index (χ0n) is 9.98. The molecule has 0 radical (unpaired) electrons. The number of amides is 1. The first kappa shape index (κ1) is 13.4. The topological polar surface area (TPSA) is 68.5 Å². The smallest absolute Gasteiger partial charge is 0.335 e. The average molecular weight is 324 g/mol. The van der Waals surface area contributed by atoms with Gasteiger partial charge in [-0.3, -0.25) is 4.79 Å². The van der Waals surface area contributed by atoms with Gasteiger partial charge in [0.25, 0.3) is 5.91 Å². The van der Waals surface area contributed by atoms with Crippen molar-refractivity contribution in [3.63, 3.8) is 0 Å². The Morgan fingerprint density at radius 1 is 1.32 bits per heavy atom. The van der Waals surface area contributed by atoms with E-state index in [9.17, 15) is 9.59 Å². The van der Waals surface area contributed by atoms with E-state index in [2.05, 4.69) is 25.7 Å². The Morgan fingerprint density at radius 3 is 2.74 bits per heavy atom. The summed E-state index contributed by atoms with van der Waals surface area (Å²) < 4.78 is 10.4. The molecule has 19 heavy (non-hydrogen) atoms. The Kier molecular flexibility index (Phi) is 4.01. The number of rotatable bonds is 3. The third-order valence-electron chi connectivity index (χ3n) is 2.38. The predicted octanol–water partition coefficient (Wildman–Crippen LogP) is 2.66. The van der Waals surface area contributed by atoms with Crippen LogP contribution in [0.2, 0.25) is 0 Å². The molecule has 1 aromatic heterocycles. The molecule has 5 nitrogen and oxygen atoms in total. The number of hydrogen-bond donors (Lipinski definition) is 1. The number of ether oxygens (including phenoxy) is 1. The van der Waals surface area contributed by atoms with Gasteiger partial charge in [-0.05, 0) is 34.1 Å². The van der Waals surface area contributed by atoms with Gasteiger partial charge in [0.15, 0.2) is 0 Å². The summed E-state index contributed by atoms with van der Waals surface area (Å²) in [6.45, 7) is 0. The van der Waals surface area contributed by atoms with Crippen molar-refractivity contribution >= 4 is 27.5 Å². The second kappa shape index (κ2) is 5.71. The molecule has 0 saturated carbocycles. The fraction of sp³-hybridized carbons (Fsp3) is 0.0769. The van der Waals surface area contributed by atoms with Crippen LogP contribution >= 0.6 is 15.9 Å². The van der Waals surface area contributed by atoms with E-state index in [1.165, 1.54) is 12.1 Å². The van der Waals surface area contributed by atoms with Gasteiger partial charge in [0.2, 0.25) is 0 Å². The number of carbonyl (C=O) groups excluding carboxylic acids is 1. The van der Waals surface area contributed by atoms with Crippen molar-refractivity contribution in [2.24, 2.45) is 0 Å². The maximum atomic E-state index is 11.9. The largest absolute Gasteiger partial charge is 0.497 e. The van der Waals surface area contributed by atoms with E-state index in [0.29, 0.717) is 11.4 Å². The monoisotopic (exact) mass is 323 g/mol. The van der Waals surface area contributed by atoms with Crippen molar-refractivity contribution in [1.82, 2.24) is 0 Å². The zero-order valence-corrected chi connectivity index (χ0v) is 11.6. The lowest BCUT2D eigenvalue weighted by atomic mass is 10.2. The number of anilines is 1. The molecular formula is C13H10BrNO4. The molecule has 0 aliphatic carbocycles. The van der Waals surface area contributed by atoms with Crippen LogP contribution in [-0.4, -0.2) is 13.0 Å². The summed E-state index contributed by atoms with van der Waals surface area (Å²) >= 11 is 3.33. The number of methoxy groups -OCH3 is 1. The number of hydrogen-bond acceptors (Lipinski definition) is 4. The number of nitrogens with one attached hydrogen (secondary N) is 1. The third-order valence-corrected chi connectivity index (χ3v) is 3.08. The van der Waals surface area contributed by atoms with Gasteiger partial charge in [-0.25, -0.2) is 4.79 Å². The predicted molar refractivity (Wildman–Crippen MR) is 73.6 cm³/mol. The second-order valence-electron chi connectivity index (χ2n) is 3.64. The van der Waals surface area contributed by atoms with E-state index in [-0.39, 0.29) is 11.5 Å². The minimum atomic E-state index is -0.501. The molecule has 0 unspecified atom stereocenters. The lowest BCUT2D eigenvalue weighted by Gasteiger charge is -2.08. The molecule has 0 bridgehead atoms. The van der Waals surface area contributed by atoms with Gasteiger partial charge >= 0.3 is 5.63 Å². The van der Waals surface area contributed by atoms with Crippen molar-refractivity contribution in [2.75, 3.05) is 12.4 Å². The highest BCUT2D eigenvalue weighted by Gasteiger charge is 2.10. The molecule has 1 amide bonds. The van der Waals surface area contributed by atoms with Gasteiger partial charge in [0, 0.05) is 16.6 Å². The van der Waals surface area contributed by atoms with Crippen LogP contribution in [0.3, 0.4) is 0 Å². The standard InChI is InChI=1S/C13H10BrNO4/c1-18-9-3-4-10(14)11(6-9)15-13(17)8-2-5-12(16)19-7-8/h2-7H,1H3,(H,15,17). The first-order valence-electron chi connectivity index (χ1n) is 5.34. The van der Waals surface area contributed by atoms with Crippen LogP contribution in [0.4, 0.5) is 5.69 Å². The van der Waals surface area contributed by atoms with E-state index < -0.39 is 5.63 Å². The van der Waals surface area contributed by atoms with Crippen LogP contribution in [-0.2, 0) is 0 Å². The van der Waals surface area contributed by atoms with Crippen molar-refractivity contribution < 1.29 is 13.9 Å². The molecule has 1 N–H and O–H groups in total. The Morgan fingerprint density at radius 2 is 2.11 bits per heavy atom. The normalized spacial score (nSPS) is 10.0. The molecule has 0 aliphatic heterocycles. The molecule has 1 aromatic carbocycles. The molecule has 6 heteroatoms. The fourth-order valence-corrected chi connectivity index (χ4v) is 1.75. The highest BCUT2D eigenvalue weighted by molar-refractivity contribution is 9.10. The first-order chi connectivity index (χ1) is 9.10. The van der Waals surface area contributed by atoms with E-state index in [1.54, 1.807) is 25.3 Å². The Hall–Kier alpha value is -2.08. The highest BCUT2D eigenvalue weighted by Crippen LogP contribution is 2.27. The SMILES string of the molecule is COc1ccc(Br)c(NC(=O)c2ccc(=O)oc2)c1. The minimum Gasteiger partial charge on any atom is -0.497 e. The van der Waals surface area contributed by atoms with Crippen LogP contribution < -0.4 is 15.7 Å². The zero-order chi connectivity index (χ0) is 13.8. The van der Waals surface area contributed by atoms with Crippen molar-refractivity contribution in [3.8, 4) is 5.75 Å². The molecule has 0 spiro atoms. The molecule has 0 aliphatic rings. The molecule has 2 rings (SSSR count). The Balaban J connectivity index is 2.23. The van der Waals surface area contributed by atoms with Crippen LogP contribution in [0.5, 0.6) is 5.75 Å². The summed E-state index contributed by atoms with van der Waals surface area (Å²) in [5.74, 6) is 0.246. The lowest BCUT2D eigenvalue weighted by molar-refractivity contribution is 0.102. The van der Waals surface area contributed by atoms with Crippen LogP contribution in [0.15, 0.2) is 50.3 Å². The molecule has 1 heterocycles. The molecular weight excluding hydrogens is 314 g/mol. The lowest BCUT2D eigenvalue weighted by Crippen LogP contribution is -2.13. The maximum absolute atomic E-state index is 11.9. The molecule has 0 saturated heterocycles. The maximum Gasteiger partial charge on any atom is 0.335 e. The van der Waals surface area contributed by atoms with Gasteiger partial charge in [0.1, 0.15) is 12.0 Å². The average Bonchev–Trinajstić information content (AvgIpc) is 2.42. The molecule has 98 valence electrons. The molecule has 0 atom stereocenters. The summed E-state index contributed by atoms with van der Waals surface area (Å²) in [4.78, 5) is 22.8. The van der Waals surface area contributed by atoms with E-state index >= 15 is 0 Å².